The summed E-state index contributed by atoms with van der Waals surface area (Å²) in [7, 11) is 0. The number of hydrogen-bond acceptors (Lipinski definition) is 1. The van der Waals surface area contributed by atoms with Gasteiger partial charge >= 0.3 is 32.2 Å². The van der Waals surface area contributed by atoms with Crippen LogP contribution < -0.4 is 0 Å². The quantitative estimate of drug-likeness (QED) is 0.388. The van der Waals surface area contributed by atoms with Gasteiger partial charge < -0.3 is 2.84 Å². The van der Waals surface area contributed by atoms with Gasteiger partial charge in [-0.05, 0) is 4.19 Å². The minimum atomic E-state index is -0.0895. The molecule has 0 unspecified atom stereocenters. The molecule has 0 rings (SSSR count). The number of halogens is 1. The molecule has 0 radical (unpaired) electrons. The third-order valence-corrected chi connectivity index (χ3v) is 3.04. The molecule has 0 aromatic heterocycles. The van der Waals surface area contributed by atoms with Gasteiger partial charge in [-0.15, -0.1) is 15.9 Å². The number of alkyl halides is 1. The van der Waals surface area contributed by atoms with Crippen molar-refractivity contribution in [1.29, 1.82) is 0 Å². The Labute approximate surface area is 55.0 Å². The topological polar surface area (TPSA) is 9.23 Å². The van der Waals surface area contributed by atoms with Crippen molar-refractivity contribution in [3.8, 4) is 0 Å². The molecular weight excluding hydrogens is 162 g/mol. The molecule has 0 amide bonds. The maximum Gasteiger partial charge on any atom is 0.416 e. The van der Waals surface area contributed by atoms with Crippen LogP contribution in [0, 0.1) is 0 Å². The van der Waals surface area contributed by atoms with E-state index < -0.39 is 0 Å². The standard InChI is InChI=1S/CH2Br.2Al.O.3H/c1-2;;;;;;/h1H2;;;;;;. The van der Waals surface area contributed by atoms with Gasteiger partial charge in [0.25, 0.3) is 0 Å². The Morgan fingerprint density at radius 1 is 2.00 bits per heavy atom. The second kappa shape index (κ2) is 5.50. The fourth-order valence-corrected chi connectivity index (χ4v) is 3.61. The van der Waals surface area contributed by atoms with Crippen LogP contribution in [0.3, 0.4) is 0 Å². The lowest BCUT2D eigenvalue weighted by Gasteiger charge is -1.81. The molecule has 0 fully saturated rings. The van der Waals surface area contributed by atoms with Crippen LogP contribution in [-0.2, 0) is 2.84 Å². The second-order valence-electron chi connectivity index (χ2n) is 0.682. The van der Waals surface area contributed by atoms with E-state index in [9.17, 15) is 0 Å². The van der Waals surface area contributed by atoms with E-state index in [0.717, 1.165) is 20.8 Å². The van der Waals surface area contributed by atoms with E-state index in [-0.39, 0.29) is 15.6 Å². The van der Waals surface area contributed by atoms with Gasteiger partial charge in [0.05, 0.1) is 0 Å². The van der Waals surface area contributed by atoms with Crippen LogP contribution in [0.5, 0.6) is 0 Å². The molecular formula is CH5Al2BrO. The van der Waals surface area contributed by atoms with Crippen LogP contribution >= 0.6 is 15.9 Å². The van der Waals surface area contributed by atoms with Crippen LogP contribution in [-0.4, -0.2) is 36.4 Å². The Hall–Kier alpha value is 1.50. The normalized spacial score (nSPS) is 7.40. The van der Waals surface area contributed by atoms with Gasteiger partial charge in [-0.25, -0.2) is 0 Å². The van der Waals surface area contributed by atoms with Crippen molar-refractivity contribution in [2.45, 2.75) is 0 Å². The summed E-state index contributed by atoms with van der Waals surface area (Å²) in [5.41, 5.74) is 0. The molecule has 1 nitrogen and oxygen atoms in total. The first-order valence-corrected chi connectivity index (χ1v) is 4.98. The number of rotatable bonds is 2. The first-order chi connectivity index (χ1) is 2.41. The summed E-state index contributed by atoms with van der Waals surface area (Å²) in [4.78, 5) is 0. The lowest BCUT2D eigenvalue weighted by atomic mass is 11.9. The molecule has 0 spiro atoms. The number of hydrogen-bond donors (Lipinski definition) is 0. The highest BCUT2D eigenvalue weighted by Crippen LogP contribution is 1.71. The molecule has 0 aliphatic heterocycles. The molecule has 0 N–H and O–H groups in total. The Bertz CT molecular complexity index is 17.1. The monoisotopic (exact) mass is 166 g/mol. The van der Waals surface area contributed by atoms with Crippen LogP contribution in [0.25, 0.3) is 0 Å². The van der Waals surface area contributed by atoms with Crippen molar-refractivity contribution in [2.24, 2.45) is 0 Å². The lowest BCUT2D eigenvalue weighted by molar-refractivity contribution is 0.670. The van der Waals surface area contributed by atoms with Gasteiger partial charge in [0.2, 0.25) is 0 Å². The van der Waals surface area contributed by atoms with E-state index in [4.69, 9.17) is 2.84 Å². The fraction of sp³-hybridized carbons (Fsp3) is 1.00. The van der Waals surface area contributed by atoms with Gasteiger partial charge in [0.1, 0.15) is 0 Å². The molecule has 4 heteroatoms. The average Bonchev–Trinajstić information content (AvgIpc) is 1.41. The molecule has 28 valence electrons. The summed E-state index contributed by atoms with van der Waals surface area (Å²) in [5, 5.41) is 0. The Morgan fingerprint density at radius 2 is 2.60 bits per heavy atom. The first-order valence-electron chi connectivity index (χ1n) is 1.46. The Balaban J connectivity index is 2.19. The van der Waals surface area contributed by atoms with Crippen LogP contribution in [0.15, 0.2) is 0 Å². The summed E-state index contributed by atoms with van der Waals surface area (Å²) in [5.74, 6) is 0. The summed E-state index contributed by atoms with van der Waals surface area (Å²) in [6.07, 6.45) is 0. The maximum atomic E-state index is 4.92. The summed E-state index contributed by atoms with van der Waals surface area (Å²) < 4.78 is 6.03. The van der Waals surface area contributed by atoms with Crippen LogP contribution in [0.2, 0.25) is 0 Å². The van der Waals surface area contributed by atoms with Gasteiger partial charge in [-0.1, -0.05) is 0 Å². The minimum absolute atomic E-state index is 0.0895. The molecule has 0 heterocycles. The highest BCUT2D eigenvalue weighted by atomic mass is 79.9. The highest BCUT2D eigenvalue weighted by Gasteiger charge is 1.79. The van der Waals surface area contributed by atoms with Gasteiger partial charge in [0.15, 0.2) is 0 Å². The lowest BCUT2D eigenvalue weighted by Crippen LogP contribution is -1.93. The van der Waals surface area contributed by atoms with Crippen molar-refractivity contribution < 1.29 is 2.84 Å². The van der Waals surface area contributed by atoms with Crippen LogP contribution in [0.1, 0.15) is 0 Å². The molecule has 0 aromatic rings. The molecule has 0 aromatic carbocycles. The molecule has 0 saturated carbocycles. The largest absolute Gasteiger partial charge is 0.644 e. The van der Waals surface area contributed by atoms with E-state index in [2.05, 4.69) is 15.9 Å². The first kappa shape index (κ1) is 6.50. The smallest absolute Gasteiger partial charge is 0.416 e. The zero-order valence-electron chi connectivity index (χ0n) is 3.20. The van der Waals surface area contributed by atoms with E-state index in [1.807, 2.05) is 0 Å². The van der Waals surface area contributed by atoms with Gasteiger partial charge in [0, 0.05) is 0 Å². The zero-order valence-corrected chi connectivity index (χ0v) is 8.20. The second-order valence-corrected chi connectivity index (χ2v) is 6.16. The van der Waals surface area contributed by atoms with Gasteiger partial charge in [-0.3, -0.25) is 0 Å². The Morgan fingerprint density at radius 3 is 2.60 bits per heavy atom. The van der Waals surface area contributed by atoms with Crippen LogP contribution in [0.4, 0.5) is 0 Å². The summed E-state index contributed by atoms with van der Waals surface area (Å²) >= 11 is 4.11. The summed E-state index contributed by atoms with van der Waals surface area (Å²) in [6, 6.07) is 0. The molecule has 5 heavy (non-hydrogen) atoms. The zero-order chi connectivity index (χ0) is 4.12. The maximum absolute atomic E-state index is 4.92. The Kier molecular flexibility index (Phi) is 7.16. The third kappa shape index (κ3) is 5.50. The molecule has 0 aliphatic carbocycles. The predicted octanol–water partition coefficient (Wildman–Crippen LogP) is -0.745. The molecule has 0 aliphatic rings. The molecule has 0 atom stereocenters. The fourth-order valence-electron chi connectivity index (χ4n) is 0.0772. The predicted molar refractivity (Wildman–Crippen MR) is 30.6 cm³/mol. The SMILES string of the molecule is [AlH2][O][AlH][CH2]Br. The van der Waals surface area contributed by atoms with Crippen molar-refractivity contribution in [2.75, 3.05) is 4.19 Å². The summed E-state index contributed by atoms with van der Waals surface area (Å²) in [6.45, 7) is 0. The highest BCUT2D eigenvalue weighted by molar-refractivity contribution is 9.09. The average molecular weight is 167 g/mol. The van der Waals surface area contributed by atoms with E-state index in [0.29, 0.717) is 0 Å². The third-order valence-electron chi connectivity index (χ3n) is 0.281. The van der Waals surface area contributed by atoms with Gasteiger partial charge in [-0.2, -0.15) is 0 Å². The van der Waals surface area contributed by atoms with E-state index in [1.54, 1.807) is 0 Å². The molecule has 0 bridgehead atoms. The minimum Gasteiger partial charge on any atom is -0.644 e. The van der Waals surface area contributed by atoms with Crippen molar-refractivity contribution >= 4 is 48.1 Å². The van der Waals surface area contributed by atoms with Crippen molar-refractivity contribution in [1.82, 2.24) is 0 Å². The molecule has 0 saturated heterocycles. The van der Waals surface area contributed by atoms with Crippen molar-refractivity contribution in [3.63, 3.8) is 0 Å². The van der Waals surface area contributed by atoms with E-state index in [1.165, 1.54) is 0 Å². The van der Waals surface area contributed by atoms with E-state index >= 15 is 0 Å². The van der Waals surface area contributed by atoms with Crippen molar-refractivity contribution in [3.05, 3.63) is 0 Å².